The van der Waals surface area contributed by atoms with E-state index in [9.17, 15) is 0 Å². The van der Waals surface area contributed by atoms with Crippen LogP contribution in [0.25, 0.3) is 11.1 Å². The third-order valence-corrected chi connectivity index (χ3v) is 3.65. The van der Waals surface area contributed by atoms with E-state index in [1.54, 1.807) is 0 Å². The molecule has 0 saturated heterocycles. The van der Waals surface area contributed by atoms with Crippen molar-refractivity contribution in [3.8, 4) is 11.1 Å². The maximum absolute atomic E-state index is 3.62. The number of rotatable bonds is 2. The Morgan fingerprint density at radius 1 is 1.00 bits per heavy atom. The molecule has 1 heteroatoms. The van der Waals surface area contributed by atoms with Gasteiger partial charge in [0.25, 0.3) is 0 Å². The molecule has 0 amide bonds. The fourth-order valence-electron chi connectivity index (χ4n) is 1.96. The lowest BCUT2D eigenvalue weighted by Gasteiger charge is -2.06. The van der Waals surface area contributed by atoms with Crippen LogP contribution in [0.3, 0.4) is 0 Å². The lowest BCUT2D eigenvalue weighted by atomic mass is 10.0. The predicted molar refractivity (Wildman–Crippen MR) is 70.4 cm³/mol. The second-order valence-corrected chi connectivity index (χ2v) is 5.07. The van der Waals surface area contributed by atoms with Crippen LogP contribution < -0.4 is 0 Å². The molecule has 0 aromatic heterocycles. The third kappa shape index (κ3) is 1.92. The molecule has 0 unspecified atom stereocenters. The first-order chi connectivity index (χ1) is 7.84. The van der Waals surface area contributed by atoms with Crippen LogP contribution in [0.5, 0.6) is 0 Å². The van der Waals surface area contributed by atoms with Gasteiger partial charge in [0.05, 0.1) is 0 Å². The molecule has 1 radical (unpaired) electrons. The molecule has 0 bridgehead atoms. The molecule has 0 nitrogen and oxygen atoms in total. The average Bonchev–Trinajstić information content (AvgIpc) is 3.14. The smallest absolute Gasteiger partial charge is 0.0335 e. The number of hydrogen-bond acceptors (Lipinski definition) is 0. The monoisotopic (exact) mass is 271 g/mol. The van der Waals surface area contributed by atoms with Crippen molar-refractivity contribution in [2.45, 2.75) is 18.8 Å². The topological polar surface area (TPSA) is 0 Å². The third-order valence-electron chi connectivity index (χ3n) is 3.02. The van der Waals surface area contributed by atoms with Crippen molar-refractivity contribution in [3.05, 3.63) is 58.6 Å². The van der Waals surface area contributed by atoms with Gasteiger partial charge in [0.1, 0.15) is 0 Å². The van der Waals surface area contributed by atoms with Crippen LogP contribution in [0, 0.1) is 6.07 Å². The van der Waals surface area contributed by atoms with Gasteiger partial charge >= 0.3 is 0 Å². The van der Waals surface area contributed by atoms with Gasteiger partial charge in [-0.1, -0.05) is 42.5 Å². The Labute approximate surface area is 104 Å². The van der Waals surface area contributed by atoms with Crippen LogP contribution >= 0.6 is 15.9 Å². The van der Waals surface area contributed by atoms with Crippen molar-refractivity contribution >= 4 is 15.9 Å². The SMILES string of the molecule is Brc1[c]c(C2CC2)ccc1-c1ccccc1. The van der Waals surface area contributed by atoms with Gasteiger partial charge in [0.2, 0.25) is 0 Å². The highest BCUT2D eigenvalue weighted by atomic mass is 79.9. The van der Waals surface area contributed by atoms with Gasteiger partial charge in [-0.3, -0.25) is 0 Å². The van der Waals surface area contributed by atoms with Crippen molar-refractivity contribution < 1.29 is 0 Å². The van der Waals surface area contributed by atoms with Gasteiger partial charge in [0, 0.05) is 10.5 Å². The lowest BCUT2D eigenvalue weighted by molar-refractivity contribution is 1.12. The van der Waals surface area contributed by atoms with E-state index in [1.165, 1.54) is 29.5 Å². The normalized spacial score (nSPS) is 15.1. The molecule has 0 N–H and O–H groups in total. The Bertz CT molecular complexity index is 498. The van der Waals surface area contributed by atoms with Crippen LogP contribution in [0.4, 0.5) is 0 Å². The molecule has 0 atom stereocenters. The summed E-state index contributed by atoms with van der Waals surface area (Å²) in [7, 11) is 0. The van der Waals surface area contributed by atoms with Crippen LogP contribution in [-0.4, -0.2) is 0 Å². The highest BCUT2D eigenvalue weighted by molar-refractivity contribution is 9.10. The van der Waals surface area contributed by atoms with Gasteiger partial charge in [-0.2, -0.15) is 0 Å². The van der Waals surface area contributed by atoms with E-state index in [1.807, 2.05) is 6.07 Å². The van der Waals surface area contributed by atoms with Crippen molar-refractivity contribution in [2.24, 2.45) is 0 Å². The summed E-state index contributed by atoms with van der Waals surface area (Å²) in [5.41, 5.74) is 3.82. The lowest BCUT2D eigenvalue weighted by Crippen LogP contribution is -1.84. The first-order valence-electron chi connectivity index (χ1n) is 5.62. The molecule has 1 saturated carbocycles. The molecule has 0 aliphatic heterocycles. The van der Waals surface area contributed by atoms with E-state index in [-0.39, 0.29) is 0 Å². The minimum Gasteiger partial charge on any atom is -0.0622 e. The van der Waals surface area contributed by atoms with Gasteiger partial charge in [0.15, 0.2) is 0 Å². The van der Waals surface area contributed by atoms with Gasteiger partial charge in [-0.05, 0) is 51.4 Å². The zero-order valence-electron chi connectivity index (χ0n) is 8.91. The Balaban J connectivity index is 2.02. The largest absolute Gasteiger partial charge is 0.0622 e. The summed E-state index contributed by atoms with van der Waals surface area (Å²) in [6, 6.07) is 18.3. The van der Waals surface area contributed by atoms with E-state index >= 15 is 0 Å². The molecule has 16 heavy (non-hydrogen) atoms. The summed E-state index contributed by atoms with van der Waals surface area (Å²) >= 11 is 3.62. The summed E-state index contributed by atoms with van der Waals surface area (Å²) in [5, 5.41) is 0. The molecule has 1 aliphatic rings. The summed E-state index contributed by atoms with van der Waals surface area (Å²) < 4.78 is 1.09. The van der Waals surface area contributed by atoms with Gasteiger partial charge in [-0.15, -0.1) is 0 Å². The summed E-state index contributed by atoms with van der Waals surface area (Å²) in [6.45, 7) is 0. The van der Waals surface area contributed by atoms with E-state index in [0.29, 0.717) is 0 Å². The highest BCUT2D eigenvalue weighted by Gasteiger charge is 2.24. The van der Waals surface area contributed by atoms with Crippen molar-refractivity contribution in [3.63, 3.8) is 0 Å². The van der Waals surface area contributed by atoms with Gasteiger partial charge < -0.3 is 0 Å². The fourth-order valence-corrected chi connectivity index (χ4v) is 2.55. The van der Waals surface area contributed by atoms with E-state index in [0.717, 1.165) is 10.4 Å². The van der Waals surface area contributed by atoms with Crippen LogP contribution in [0.1, 0.15) is 24.3 Å². The molecule has 2 aromatic rings. The minimum absolute atomic E-state index is 0.765. The maximum atomic E-state index is 3.62. The number of benzene rings is 2. The van der Waals surface area contributed by atoms with Crippen LogP contribution in [0.2, 0.25) is 0 Å². The number of hydrogen-bond donors (Lipinski definition) is 0. The van der Waals surface area contributed by atoms with Crippen molar-refractivity contribution in [1.29, 1.82) is 0 Å². The molecule has 0 heterocycles. The Morgan fingerprint density at radius 2 is 1.75 bits per heavy atom. The number of halogens is 1. The standard InChI is InChI=1S/C15H12Br/c16-15-10-13(11-6-7-11)8-9-14(15)12-4-2-1-3-5-12/h1-5,8-9,11H,6-7H2. The van der Waals surface area contributed by atoms with Crippen molar-refractivity contribution in [2.75, 3.05) is 0 Å². The highest BCUT2D eigenvalue weighted by Crippen LogP contribution is 2.41. The zero-order chi connectivity index (χ0) is 11.0. The molecule has 0 spiro atoms. The van der Waals surface area contributed by atoms with E-state index in [4.69, 9.17) is 0 Å². The first kappa shape index (κ1) is 10.1. The molecule has 79 valence electrons. The Hall–Kier alpha value is -1.08. The molecule has 3 rings (SSSR count). The molecule has 2 aromatic carbocycles. The van der Waals surface area contributed by atoms with E-state index < -0.39 is 0 Å². The Kier molecular flexibility index (Phi) is 2.56. The fraction of sp³-hybridized carbons (Fsp3) is 0.200. The predicted octanol–water partition coefficient (Wildman–Crippen LogP) is 4.79. The molecular weight excluding hydrogens is 260 g/mol. The summed E-state index contributed by atoms with van der Waals surface area (Å²) in [6.07, 6.45) is 2.65. The van der Waals surface area contributed by atoms with Crippen LogP contribution in [-0.2, 0) is 0 Å². The minimum atomic E-state index is 0.765. The zero-order valence-corrected chi connectivity index (χ0v) is 10.5. The molecule has 1 aliphatic carbocycles. The first-order valence-corrected chi connectivity index (χ1v) is 6.41. The molecular formula is C15H12Br. The average molecular weight is 272 g/mol. The second kappa shape index (κ2) is 4.06. The summed E-state index contributed by atoms with van der Waals surface area (Å²) in [5.74, 6) is 0.765. The second-order valence-electron chi connectivity index (χ2n) is 4.28. The van der Waals surface area contributed by atoms with Crippen molar-refractivity contribution in [1.82, 2.24) is 0 Å². The summed E-state index contributed by atoms with van der Waals surface area (Å²) in [4.78, 5) is 0. The maximum Gasteiger partial charge on any atom is 0.0335 e. The Morgan fingerprint density at radius 3 is 2.38 bits per heavy atom. The van der Waals surface area contributed by atoms with Gasteiger partial charge in [-0.25, -0.2) is 0 Å². The van der Waals surface area contributed by atoms with Crippen LogP contribution in [0.15, 0.2) is 46.9 Å². The molecule has 1 fully saturated rings. The van der Waals surface area contributed by atoms with E-state index in [2.05, 4.69) is 58.4 Å². The quantitative estimate of drug-likeness (QED) is 0.737.